The van der Waals surface area contributed by atoms with Crippen molar-refractivity contribution < 1.29 is 0 Å². The molecule has 2 nitrogen and oxygen atoms in total. The standard InChI is InChI=1S/C12H20N2/c1-10(2)14-9-12-6-4-5-11(7-12)8-13-3/h4-7,10,13-14H,8-9H2,1-3H3. The third-order valence-electron chi connectivity index (χ3n) is 2.09. The first-order valence-corrected chi connectivity index (χ1v) is 5.18. The van der Waals surface area contributed by atoms with E-state index in [0.717, 1.165) is 13.1 Å². The minimum absolute atomic E-state index is 0.544. The van der Waals surface area contributed by atoms with Crippen molar-refractivity contribution in [2.75, 3.05) is 7.05 Å². The SMILES string of the molecule is CNCc1cccc(CNC(C)C)c1. The molecule has 0 aliphatic heterocycles. The molecule has 0 fully saturated rings. The van der Waals surface area contributed by atoms with E-state index < -0.39 is 0 Å². The molecule has 1 aromatic rings. The van der Waals surface area contributed by atoms with Gasteiger partial charge in [0.1, 0.15) is 0 Å². The summed E-state index contributed by atoms with van der Waals surface area (Å²) in [5.41, 5.74) is 2.70. The zero-order valence-corrected chi connectivity index (χ0v) is 9.30. The molecular formula is C12H20N2. The molecule has 14 heavy (non-hydrogen) atoms. The lowest BCUT2D eigenvalue weighted by Gasteiger charge is -2.09. The maximum atomic E-state index is 3.41. The van der Waals surface area contributed by atoms with Crippen LogP contribution in [0.25, 0.3) is 0 Å². The molecule has 2 heteroatoms. The van der Waals surface area contributed by atoms with Crippen LogP contribution >= 0.6 is 0 Å². The number of hydrogen-bond acceptors (Lipinski definition) is 2. The molecule has 0 bridgehead atoms. The molecule has 0 radical (unpaired) electrons. The quantitative estimate of drug-likeness (QED) is 0.744. The predicted octanol–water partition coefficient (Wildman–Crippen LogP) is 1.90. The van der Waals surface area contributed by atoms with E-state index in [2.05, 4.69) is 48.7 Å². The van der Waals surface area contributed by atoms with E-state index in [1.807, 2.05) is 7.05 Å². The highest BCUT2D eigenvalue weighted by atomic mass is 14.9. The average molecular weight is 192 g/mol. The average Bonchev–Trinajstić information content (AvgIpc) is 2.16. The van der Waals surface area contributed by atoms with Crippen LogP contribution in [0.1, 0.15) is 25.0 Å². The third-order valence-corrected chi connectivity index (χ3v) is 2.09. The van der Waals surface area contributed by atoms with Gasteiger partial charge in [0, 0.05) is 19.1 Å². The summed E-state index contributed by atoms with van der Waals surface area (Å²) in [6, 6.07) is 9.21. The van der Waals surface area contributed by atoms with Crippen LogP contribution in [0.3, 0.4) is 0 Å². The van der Waals surface area contributed by atoms with Crippen LogP contribution < -0.4 is 10.6 Å². The summed E-state index contributed by atoms with van der Waals surface area (Å²) in [6.45, 7) is 6.22. The summed E-state index contributed by atoms with van der Waals surface area (Å²) in [5, 5.41) is 6.57. The fourth-order valence-electron chi connectivity index (χ4n) is 1.38. The predicted molar refractivity (Wildman–Crippen MR) is 61.2 cm³/mol. The Morgan fingerprint density at radius 1 is 1.14 bits per heavy atom. The monoisotopic (exact) mass is 192 g/mol. The van der Waals surface area contributed by atoms with Gasteiger partial charge in [-0.25, -0.2) is 0 Å². The molecule has 0 amide bonds. The van der Waals surface area contributed by atoms with Crippen LogP contribution in [0.15, 0.2) is 24.3 Å². The second-order valence-corrected chi connectivity index (χ2v) is 3.89. The van der Waals surface area contributed by atoms with Crippen molar-refractivity contribution in [2.24, 2.45) is 0 Å². The summed E-state index contributed by atoms with van der Waals surface area (Å²) in [6.07, 6.45) is 0. The van der Waals surface area contributed by atoms with Gasteiger partial charge in [-0.05, 0) is 18.2 Å². The van der Waals surface area contributed by atoms with E-state index in [0.29, 0.717) is 6.04 Å². The number of hydrogen-bond donors (Lipinski definition) is 2. The van der Waals surface area contributed by atoms with Crippen LogP contribution in [0.5, 0.6) is 0 Å². The summed E-state index contributed by atoms with van der Waals surface area (Å²) in [4.78, 5) is 0. The van der Waals surface area contributed by atoms with Gasteiger partial charge in [0.25, 0.3) is 0 Å². The molecule has 0 saturated heterocycles. The highest BCUT2D eigenvalue weighted by molar-refractivity contribution is 5.23. The van der Waals surface area contributed by atoms with Crippen LogP contribution in [-0.2, 0) is 13.1 Å². The Balaban J connectivity index is 2.54. The Morgan fingerprint density at radius 3 is 2.36 bits per heavy atom. The molecular weight excluding hydrogens is 172 g/mol. The zero-order valence-electron chi connectivity index (χ0n) is 9.30. The molecule has 0 aliphatic rings. The van der Waals surface area contributed by atoms with Crippen molar-refractivity contribution in [3.05, 3.63) is 35.4 Å². The lowest BCUT2D eigenvalue weighted by molar-refractivity contribution is 0.588. The smallest absolute Gasteiger partial charge is 0.0207 e. The van der Waals surface area contributed by atoms with Crippen LogP contribution in [-0.4, -0.2) is 13.1 Å². The Labute approximate surface area is 86.7 Å². The maximum Gasteiger partial charge on any atom is 0.0207 e. The van der Waals surface area contributed by atoms with Crippen LogP contribution in [0.2, 0.25) is 0 Å². The molecule has 0 atom stereocenters. The largest absolute Gasteiger partial charge is 0.316 e. The van der Waals surface area contributed by atoms with Crippen molar-refractivity contribution in [1.82, 2.24) is 10.6 Å². The lowest BCUT2D eigenvalue weighted by Crippen LogP contribution is -2.21. The van der Waals surface area contributed by atoms with Gasteiger partial charge in [0.15, 0.2) is 0 Å². The number of benzene rings is 1. The summed E-state index contributed by atoms with van der Waals surface area (Å²) in [7, 11) is 1.97. The van der Waals surface area contributed by atoms with E-state index >= 15 is 0 Å². The molecule has 78 valence electrons. The van der Waals surface area contributed by atoms with Crippen molar-refractivity contribution in [2.45, 2.75) is 33.0 Å². The molecule has 0 saturated carbocycles. The van der Waals surface area contributed by atoms with Gasteiger partial charge in [-0.2, -0.15) is 0 Å². The van der Waals surface area contributed by atoms with Gasteiger partial charge in [-0.15, -0.1) is 0 Å². The minimum Gasteiger partial charge on any atom is -0.316 e. The highest BCUT2D eigenvalue weighted by Crippen LogP contribution is 2.04. The van der Waals surface area contributed by atoms with E-state index in [1.54, 1.807) is 0 Å². The Morgan fingerprint density at radius 2 is 1.79 bits per heavy atom. The molecule has 1 rings (SSSR count). The van der Waals surface area contributed by atoms with Gasteiger partial charge in [-0.3, -0.25) is 0 Å². The molecule has 0 aliphatic carbocycles. The van der Waals surface area contributed by atoms with Crippen LogP contribution in [0.4, 0.5) is 0 Å². The molecule has 1 aromatic carbocycles. The Bertz CT molecular complexity index is 269. The Kier molecular flexibility index (Phi) is 4.63. The number of rotatable bonds is 5. The van der Waals surface area contributed by atoms with E-state index in [1.165, 1.54) is 11.1 Å². The third kappa shape index (κ3) is 3.90. The minimum atomic E-state index is 0.544. The van der Waals surface area contributed by atoms with E-state index in [9.17, 15) is 0 Å². The van der Waals surface area contributed by atoms with Gasteiger partial charge in [-0.1, -0.05) is 38.1 Å². The first-order valence-electron chi connectivity index (χ1n) is 5.18. The van der Waals surface area contributed by atoms with Gasteiger partial charge >= 0.3 is 0 Å². The van der Waals surface area contributed by atoms with Crippen molar-refractivity contribution >= 4 is 0 Å². The highest BCUT2D eigenvalue weighted by Gasteiger charge is 1.96. The second-order valence-electron chi connectivity index (χ2n) is 3.89. The first kappa shape index (κ1) is 11.2. The second kappa shape index (κ2) is 5.78. The molecule has 0 heterocycles. The summed E-state index contributed by atoms with van der Waals surface area (Å²) >= 11 is 0. The van der Waals surface area contributed by atoms with E-state index in [-0.39, 0.29) is 0 Å². The maximum absolute atomic E-state index is 3.41. The lowest BCUT2D eigenvalue weighted by atomic mass is 10.1. The molecule has 0 unspecified atom stereocenters. The molecule has 0 spiro atoms. The van der Waals surface area contributed by atoms with Crippen molar-refractivity contribution in [3.8, 4) is 0 Å². The molecule has 2 N–H and O–H groups in total. The molecule has 0 aromatic heterocycles. The summed E-state index contributed by atoms with van der Waals surface area (Å²) < 4.78 is 0. The number of nitrogens with one attached hydrogen (secondary N) is 2. The normalized spacial score (nSPS) is 10.9. The van der Waals surface area contributed by atoms with Gasteiger partial charge in [0.05, 0.1) is 0 Å². The van der Waals surface area contributed by atoms with Crippen molar-refractivity contribution in [3.63, 3.8) is 0 Å². The van der Waals surface area contributed by atoms with Crippen molar-refractivity contribution in [1.29, 1.82) is 0 Å². The Hall–Kier alpha value is -0.860. The topological polar surface area (TPSA) is 24.1 Å². The van der Waals surface area contributed by atoms with Gasteiger partial charge in [0.2, 0.25) is 0 Å². The van der Waals surface area contributed by atoms with Crippen LogP contribution in [0, 0.1) is 0 Å². The zero-order chi connectivity index (χ0) is 10.4. The first-order chi connectivity index (χ1) is 6.72. The summed E-state index contributed by atoms with van der Waals surface area (Å²) in [5.74, 6) is 0. The van der Waals surface area contributed by atoms with Gasteiger partial charge < -0.3 is 10.6 Å². The fraction of sp³-hybridized carbons (Fsp3) is 0.500. The fourth-order valence-corrected chi connectivity index (χ4v) is 1.38. The van der Waals surface area contributed by atoms with E-state index in [4.69, 9.17) is 0 Å².